The van der Waals surface area contributed by atoms with Crippen molar-refractivity contribution >= 4 is 47.2 Å². The lowest BCUT2D eigenvalue weighted by atomic mass is 9.99. The molecule has 12 heteroatoms. The van der Waals surface area contributed by atoms with Gasteiger partial charge >= 0.3 is 5.69 Å². The van der Waals surface area contributed by atoms with Crippen molar-refractivity contribution in [2.45, 2.75) is 32.9 Å². The van der Waals surface area contributed by atoms with Crippen molar-refractivity contribution < 1.29 is 9.53 Å². The molecule has 0 aliphatic rings. The largest absolute Gasteiger partial charge is 0.479 e. The van der Waals surface area contributed by atoms with Gasteiger partial charge in [-0.3, -0.25) is 9.36 Å². The molecule has 0 aliphatic carbocycles. The summed E-state index contributed by atoms with van der Waals surface area (Å²) >= 11 is 12.6. The number of hydrogen-bond donors (Lipinski definition) is 1. The Morgan fingerprint density at radius 2 is 1.77 bits per heavy atom. The van der Waals surface area contributed by atoms with Gasteiger partial charge in [0.2, 0.25) is 0 Å². The molecule has 0 saturated carbocycles. The van der Waals surface area contributed by atoms with Gasteiger partial charge in [0.25, 0.3) is 11.8 Å². The summed E-state index contributed by atoms with van der Waals surface area (Å²) < 4.78 is 7.93. The number of benzene rings is 2. The Morgan fingerprint density at radius 3 is 2.36 bits per heavy atom. The molecule has 0 aliphatic heterocycles. The molecule has 4 aromatic rings. The molecule has 2 N–H and O–H groups in total. The van der Waals surface area contributed by atoms with Crippen LogP contribution in [0.15, 0.2) is 59.4 Å². The van der Waals surface area contributed by atoms with E-state index < -0.39 is 11.7 Å². The molecule has 1 atom stereocenters. The second kappa shape index (κ2) is 13.3. The van der Waals surface area contributed by atoms with E-state index in [0.29, 0.717) is 35.9 Å². The molecule has 0 spiro atoms. The third kappa shape index (κ3) is 6.38. The van der Waals surface area contributed by atoms with Crippen LogP contribution in [0.5, 0.6) is 5.88 Å². The maximum Gasteiger partial charge on any atom is 0.352 e. The highest BCUT2D eigenvalue weighted by Gasteiger charge is 2.33. The van der Waals surface area contributed by atoms with Crippen molar-refractivity contribution in [3.63, 3.8) is 0 Å². The Labute approximate surface area is 242 Å². The van der Waals surface area contributed by atoms with Crippen LogP contribution in [0, 0.1) is 5.92 Å². The minimum Gasteiger partial charge on any atom is -0.479 e. The number of amides is 1. The normalized spacial score (nSPS) is 11.9. The standard InChI is InChI=1S/C27H30Cl2N6O3.ClH/c1-17(2)22(33(15-7-14-30)26(36)19-10-12-20(28)13-11-19)24-31-23-21(29)25(38-3)32-35(23)27(37)34(24)16-18-8-5-4-6-9-18;/h4-6,8-13,17,22H,7,14-16,30H2,1-3H3;1H/t22-;/m1./s1. The number of fused-ring (bicyclic) bond motifs is 1. The van der Waals surface area contributed by atoms with E-state index in [2.05, 4.69) is 5.10 Å². The van der Waals surface area contributed by atoms with Crippen LogP contribution in [0.25, 0.3) is 5.65 Å². The fourth-order valence-electron chi connectivity index (χ4n) is 4.44. The number of aromatic nitrogens is 4. The number of carbonyl (C=O) groups excluding carboxylic acids is 1. The predicted octanol–water partition coefficient (Wildman–Crippen LogP) is 4.86. The van der Waals surface area contributed by atoms with Crippen LogP contribution in [0.1, 0.15) is 48.1 Å². The molecule has 39 heavy (non-hydrogen) atoms. The van der Waals surface area contributed by atoms with Gasteiger partial charge < -0.3 is 15.4 Å². The lowest BCUT2D eigenvalue weighted by Crippen LogP contribution is -2.43. The van der Waals surface area contributed by atoms with Crippen molar-refractivity contribution in [3.8, 4) is 5.88 Å². The van der Waals surface area contributed by atoms with Crippen LogP contribution in [0.4, 0.5) is 0 Å². The van der Waals surface area contributed by atoms with Gasteiger partial charge in [0.1, 0.15) is 10.8 Å². The number of methoxy groups -OCH3 is 1. The molecule has 0 radical (unpaired) electrons. The second-order valence-electron chi connectivity index (χ2n) is 9.22. The molecule has 2 aromatic heterocycles. The average Bonchev–Trinajstić information content (AvgIpc) is 3.24. The van der Waals surface area contributed by atoms with E-state index in [1.165, 1.54) is 7.11 Å². The van der Waals surface area contributed by atoms with E-state index in [4.69, 9.17) is 38.7 Å². The number of ether oxygens (including phenoxy) is 1. The SMILES string of the molecule is COc1nn2c(=O)n(Cc3ccccc3)c([C@@H](C(C)C)N(CCCN)C(=O)c3ccc(Cl)cc3)nc2c1Cl.Cl. The fourth-order valence-corrected chi connectivity index (χ4v) is 4.80. The van der Waals surface area contributed by atoms with Gasteiger partial charge in [-0.15, -0.1) is 17.5 Å². The highest BCUT2D eigenvalue weighted by molar-refractivity contribution is 6.34. The summed E-state index contributed by atoms with van der Waals surface area (Å²) in [4.78, 5) is 34.3. The number of halogens is 3. The Kier molecular flexibility index (Phi) is 10.4. The third-order valence-corrected chi connectivity index (χ3v) is 6.83. The monoisotopic (exact) mass is 592 g/mol. The molecule has 9 nitrogen and oxygen atoms in total. The predicted molar refractivity (Wildman–Crippen MR) is 155 cm³/mol. The van der Waals surface area contributed by atoms with E-state index in [1.54, 1.807) is 33.7 Å². The van der Waals surface area contributed by atoms with Crippen LogP contribution in [0.2, 0.25) is 10.0 Å². The molecule has 0 fully saturated rings. The molecule has 0 unspecified atom stereocenters. The number of nitrogens with zero attached hydrogens (tertiary/aromatic N) is 5. The lowest BCUT2D eigenvalue weighted by Gasteiger charge is -2.35. The summed E-state index contributed by atoms with van der Waals surface area (Å²) in [5.41, 5.74) is 6.93. The van der Waals surface area contributed by atoms with E-state index in [0.717, 1.165) is 10.1 Å². The number of rotatable bonds is 10. The summed E-state index contributed by atoms with van der Waals surface area (Å²) in [6.07, 6.45) is 0.564. The average molecular weight is 594 g/mol. The Balaban J connectivity index is 0.00000420. The Morgan fingerprint density at radius 1 is 1.10 bits per heavy atom. The minimum absolute atomic E-state index is 0. The van der Waals surface area contributed by atoms with Gasteiger partial charge in [0.15, 0.2) is 5.65 Å². The zero-order valence-electron chi connectivity index (χ0n) is 21.9. The molecule has 208 valence electrons. The summed E-state index contributed by atoms with van der Waals surface area (Å²) in [5, 5.41) is 4.87. The van der Waals surface area contributed by atoms with E-state index in [-0.39, 0.29) is 47.3 Å². The first-order chi connectivity index (χ1) is 18.3. The van der Waals surface area contributed by atoms with Crippen molar-refractivity contribution in [3.05, 3.63) is 92.1 Å². The first-order valence-corrected chi connectivity index (χ1v) is 13.1. The number of hydrogen-bond acceptors (Lipinski definition) is 6. The fraction of sp³-hybridized carbons (Fsp3) is 0.333. The molecule has 2 aromatic carbocycles. The zero-order chi connectivity index (χ0) is 27.4. The maximum absolute atomic E-state index is 13.9. The van der Waals surface area contributed by atoms with Gasteiger partial charge in [0, 0.05) is 17.1 Å². The molecule has 0 saturated heterocycles. The van der Waals surface area contributed by atoms with E-state index in [9.17, 15) is 9.59 Å². The number of nitrogens with two attached hydrogens (primary N) is 1. The second-order valence-corrected chi connectivity index (χ2v) is 10.0. The summed E-state index contributed by atoms with van der Waals surface area (Å²) in [5.74, 6) is 0.151. The highest BCUT2D eigenvalue weighted by atomic mass is 35.5. The molecule has 1 amide bonds. The summed E-state index contributed by atoms with van der Waals surface area (Å²) in [6.45, 7) is 4.95. The Bertz CT molecular complexity index is 1470. The maximum atomic E-state index is 13.9. The molecule has 0 bridgehead atoms. The Hall–Kier alpha value is -3.11. The molecular formula is C27H31Cl3N6O3. The van der Waals surface area contributed by atoms with Crippen molar-refractivity contribution in [1.29, 1.82) is 0 Å². The van der Waals surface area contributed by atoms with Crippen molar-refractivity contribution in [2.75, 3.05) is 20.2 Å². The van der Waals surface area contributed by atoms with Crippen molar-refractivity contribution in [1.82, 2.24) is 24.1 Å². The van der Waals surface area contributed by atoms with Crippen LogP contribution in [0.3, 0.4) is 0 Å². The van der Waals surface area contributed by atoms with Gasteiger partial charge in [0.05, 0.1) is 19.7 Å². The first-order valence-electron chi connectivity index (χ1n) is 12.3. The topological polar surface area (TPSA) is 108 Å². The zero-order valence-corrected chi connectivity index (χ0v) is 24.2. The smallest absolute Gasteiger partial charge is 0.352 e. The highest BCUT2D eigenvalue weighted by Crippen LogP contribution is 2.32. The summed E-state index contributed by atoms with van der Waals surface area (Å²) in [7, 11) is 1.42. The van der Waals surface area contributed by atoms with Gasteiger partial charge in [-0.25, -0.2) is 9.78 Å². The van der Waals surface area contributed by atoms with Crippen LogP contribution in [-0.2, 0) is 6.54 Å². The minimum atomic E-state index is -0.580. The van der Waals surface area contributed by atoms with Crippen LogP contribution < -0.4 is 16.2 Å². The molecule has 2 heterocycles. The first kappa shape index (κ1) is 30.4. The quantitative estimate of drug-likeness (QED) is 0.281. The van der Waals surface area contributed by atoms with E-state index >= 15 is 0 Å². The lowest BCUT2D eigenvalue weighted by molar-refractivity contribution is 0.0601. The summed E-state index contributed by atoms with van der Waals surface area (Å²) in [6, 6.07) is 15.7. The van der Waals surface area contributed by atoms with Gasteiger partial charge in [-0.05, 0) is 48.7 Å². The van der Waals surface area contributed by atoms with Crippen molar-refractivity contribution in [2.24, 2.45) is 11.7 Å². The van der Waals surface area contributed by atoms with Crippen LogP contribution >= 0.6 is 35.6 Å². The molecule has 4 rings (SSSR count). The van der Waals surface area contributed by atoms with Gasteiger partial charge in [-0.2, -0.15) is 4.52 Å². The number of carbonyl (C=O) groups is 1. The van der Waals surface area contributed by atoms with Crippen LogP contribution in [-0.4, -0.2) is 50.2 Å². The third-order valence-electron chi connectivity index (χ3n) is 6.25. The van der Waals surface area contributed by atoms with Gasteiger partial charge in [-0.1, -0.05) is 67.4 Å². The molecular weight excluding hydrogens is 563 g/mol. The van der Waals surface area contributed by atoms with E-state index in [1.807, 2.05) is 44.2 Å².